The Morgan fingerprint density at radius 2 is 1.81 bits per heavy atom. The first-order valence-electron chi connectivity index (χ1n) is 7.87. The molecule has 2 rings (SSSR count). The molecular formula is C18H21FN2O4S. The molecule has 0 aliphatic heterocycles. The van der Waals surface area contributed by atoms with Crippen molar-refractivity contribution in [2.45, 2.75) is 18.4 Å². The van der Waals surface area contributed by atoms with E-state index in [1.807, 2.05) is 0 Å². The van der Waals surface area contributed by atoms with Gasteiger partial charge in [-0.15, -0.1) is 0 Å². The van der Waals surface area contributed by atoms with E-state index >= 15 is 0 Å². The molecule has 0 radical (unpaired) electrons. The minimum absolute atomic E-state index is 0.160. The van der Waals surface area contributed by atoms with Crippen molar-refractivity contribution in [1.29, 1.82) is 0 Å². The van der Waals surface area contributed by atoms with Gasteiger partial charge in [0, 0.05) is 20.6 Å². The van der Waals surface area contributed by atoms with Crippen LogP contribution in [0.4, 0.5) is 4.39 Å². The molecule has 0 aromatic heterocycles. The van der Waals surface area contributed by atoms with Crippen LogP contribution in [0.5, 0.6) is 5.75 Å². The number of rotatable bonds is 7. The fraction of sp³-hybridized carbons (Fsp3) is 0.278. The summed E-state index contributed by atoms with van der Waals surface area (Å²) >= 11 is 0. The first-order valence-corrected chi connectivity index (χ1v) is 9.31. The van der Waals surface area contributed by atoms with Crippen molar-refractivity contribution < 1.29 is 22.3 Å². The summed E-state index contributed by atoms with van der Waals surface area (Å²) in [7, 11) is -0.600. The van der Waals surface area contributed by atoms with E-state index in [1.165, 1.54) is 44.4 Å². The highest BCUT2D eigenvalue weighted by Crippen LogP contribution is 2.23. The summed E-state index contributed by atoms with van der Waals surface area (Å²) < 4.78 is 43.6. The minimum Gasteiger partial charge on any atom is -0.484 e. The van der Waals surface area contributed by atoms with Gasteiger partial charge in [0.25, 0.3) is 5.91 Å². The number of ether oxygens (including phenoxy) is 1. The monoisotopic (exact) mass is 380 g/mol. The van der Waals surface area contributed by atoms with Crippen molar-refractivity contribution in [1.82, 2.24) is 9.62 Å². The maximum absolute atomic E-state index is 12.8. The van der Waals surface area contributed by atoms with E-state index in [1.54, 1.807) is 19.1 Å². The highest BCUT2D eigenvalue weighted by atomic mass is 32.2. The predicted molar refractivity (Wildman–Crippen MR) is 95.8 cm³/mol. The quantitative estimate of drug-likeness (QED) is 0.798. The van der Waals surface area contributed by atoms with Crippen LogP contribution < -0.4 is 10.1 Å². The normalized spacial score (nSPS) is 11.4. The molecule has 1 N–H and O–H groups in total. The van der Waals surface area contributed by atoms with Gasteiger partial charge in [0.1, 0.15) is 11.6 Å². The lowest BCUT2D eigenvalue weighted by atomic mass is 10.2. The number of hydrogen-bond donors (Lipinski definition) is 1. The lowest BCUT2D eigenvalue weighted by Crippen LogP contribution is -2.28. The van der Waals surface area contributed by atoms with Crippen molar-refractivity contribution in [2.24, 2.45) is 0 Å². The first-order chi connectivity index (χ1) is 12.2. The molecule has 0 aliphatic carbocycles. The fourth-order valence-corrected chi connectivity index (χ4v) is 3.14. The fourth-order valence-electron chi connectivity index (χ4n) is 2.15. The van der Waals surface area contributed by atoms with Gasteiger partial charge in [-0.1, -0.05) is 12.1 Å². The van der Waals surface area contributed by atoms with Crippen LogP contribution in [-0.4, -0.2) is 39.3 Å². The van der Waals surface area contributed by atoms with Crippen molar-refractivity contribution in [3.05, 3.63) is 59.4 Å². The maximum Gasteiger partial charge on any atom is 0.258 e. The number of carbonyl (C=O) groups is 1. The molecule has 2 aromatic carbocycles. The Labute approximate surface area is 152 Å². The number of nitrogens with one attached hydrogen (secondary N) is 1. The number of sulfonamides is 1. The Morgan fingerprint density at radius 1 is 1.15 bits per heavy atom. The van der Waals surface area contributed by atoms with Crippen LogP contribution in [0, 0.1) is 12.7 Å². The van der Waals surface area contributed by atoms with Crippen molar-refractivity contribution >= 4 is 15.9 Å². The largest absolute Gasteiger partial charge is 0.484 e. The zero-order valence-corrected chi connectivity index (χ0v) is 15.6. The molecule has 1 amide bonds. The maximum atomic E-state index is 12.8. The molecule has 0 atom stereocenters. The van der Waals surface area contributed by atoms with Crippen molar-refractivity contribution in [3.8, 4) is 5.75 Å². The SMILES string of the molecule is Cc1cc(S(=O)(=O)N(C)C)ccc1OCC(=O)NCc1ccc(F)cc1. The summed E-state index contributed by atoms with van der Waals surface area (Å²) in [5.74, 6) is -0.239. The van der Waals surface area contributed by atoms with Gasteiger partial charge in [-0.2, -0.15) is 0 Å². The standard InChI is InChI=1S/C18H21FN2O4S/c1-13-10-16(26(23,24)21(2)3)8-9-17(13)25-12-18(22)20-11-14-4-6-15(19)7-5-14/h4-10H,11-12H2,1-3H3,(H,20,22). The Kier molecular flexibility index (Phi) is 6.33. The molecule has 0 aliphatic rings. The summed E-state index contributed by atoms with van der Waals surface area (Å²) in [5.41, 5.74) is 1.38. The number of halogens is 1. The average molecular weight is 380 g/mol. The lowest BCUT2D eigenvalue weighted by molar-refractivity contribution is -0.123. The molecule has 2 aromatic rings. The number of amides is 1. The molecule has 8 heteroatoms. The van der Waals surface area contributed by atoms with E-state index in [9.17, 15) is 17.6 Å². The number of nitrogens with zero attached hydrogens (tertiary/aromatic N) is 1. The van der Waals surface area contributed by atoms with Crippen LogP contribution in [0.15, 0.2) is 47.4 Å². The predicted octanol–water partition coefficient (Wildman–Crippen LogP) is 2.08. The third kappa shape index (κ3) is 5.03. The molecule has 26 heavy (non-hydrogen) atoms. The molecule has 0 saturated carbocycles. The second-order valence-electron chi connectivity index (χ2n) is 5.91. The van der Waals surface area contributed by atoms with Gasteiger partial charge in [0.05, 0.1) is 4.90 Å². The highest BCUT2D eigenvalue weighted by Gasteiger charge is 2.18. The summed E-state index contributed by atoms with van der Waals surface area (Å²) in [5, 5.41) is 2.67. The smallest absolute Gasteiger partial charge is 0.258 e. The number of carbonyl (C=O) groups excluding carboxylic acids is 1. The Hall–Kier alpha value is -2.45. The topological polar surface area (TPSA) is 75.7 Å². The summed E-state index contributed by atoms with van der Waals surface area (Å²) in [6.45, 7) is 1.77. The molecule has 0 bridgehead atoms. The molecule has 0 spiro atoms. The van der Waals surface area contributed by atoms with E-state index in [0.717, 1.165) is 9.87 Å². The third-order valence-corrected chi connectivity index (χ3v) is 5.50. The van der Waals surface area contributed by atoms with Crippen LogP contribution in [-0.2, 0) is 21.4 Å². The van der Waals surface area contributed by atoms with Crippen LogP contribution in [0.25, 0.3) is 0 Å². The molecule has 0 unspecified atom stereocenters. The Morgan fingerprint density at radius 3 is 2.38 bits per heavy atom. The lowest BCUT2D eigenvalue weighted by Gasteiger charge is -2.14. The first kappa shape index (κ1) is 19.9. The summed E-state index contributed by atoms with van der Waals surface area (Å²) in [6.07, 6.45) is 0. The molecule has 6 nitrogen and oxygen atoms in total. The van der Waals surface area contributed by atoms with Crippen molar-refractivity contribution in [3.63, 3.8) is 0 Å². The van der Waals surface area contributed by atoms with Crippen LogP contribution >= 0.6 is 0 Å². The molecule has 0 heterocycles. The number of aryl methyl sites for hydroxylation is 1. The van der Waals surface area contributed by atoms with Crippen molar-refractivity contribution in [2.75, 3.05) is 20.7 Å². The second-order valence-corrected chi connectivity index (χ2v) is 8.06. The van der Waals surface area contributed by atoms with Gasteiger partial charge in [-0.3, -0.25) is 4.79 Å². The van der Waals surface area contributed by atoms with Gasteiger partial charge >= 0.3 is 0 Å². The van der Waals surface area contributed by atoms with E-state index in [0.29, 0.717) is 11.3 Å². The Balaban J connectivity index is 1.92. The van der Waals surface area contributed by atoms with E-state index in [-0.39, 0.29) is 29.8 Å². The second kappa shape index (κ2) is 8.29. The highest BCUT2D eigenvalue weighted by molar-refractivity contribution is 7.89. The van der Waals surface area contributed by atoms with E-state index < -0.39 is 10.0 Å². The summed E-state index contributed by atoms with van der Waals surface area (Å²) in [6, 6.07) is 10.3. The van der Waals surface area contributed by atoms with Gasteiger partial charge in [-0.25, -0.2) is 17.1 Å². The zero-order valence-electron chi connectivity index (χ0n) is 14.8. The van der Waals surface area contributed by atoms with E-state index in [4.69, 9.17) is 4.74 Å². The Bertz CT molecular complexity index is 881. The number of hydrogen-bond acceptors (Lipinski definition) is 4. The third-order valence-electron chi connectivity index (χ3n) is 3.69. The van der Waals surface area contributed by atoms with E-state index in [2.05, 4.69) is 5.32 Å². The zero-order chi connectivity index (χ0) is 19.3. The molecule has 0 saturated heterocycles. The van der Waals surface area contributed by atoms with Gasteiger partial charge in [-0.05, 0) is 48.4 Å². The van der Waals surface area contributed by atoms with Crippen LogP contribution in [0.3, 0.4) is 0 Å². The molecule has 0 fully saturated rings. The van der Waals surface area contributed by atoms with Crippen LogP contribution in [0.2, 0.25) is 0 Å². The molecule has 140 valence electrons. The molecular weight excluding hydrogens is 359 g/mol. The van der Waals surface area contributed by atoms with Gasteiger partial charge in [0.15, 0.2) is 6.61 Å². The summed E-state index contributed by atoms with van der Waals surface area (Å²) in [4.78, 5) is 12.0. The van der Waals surface area contributed by atoms with Crippen LogP contribution in [0.1, 0.15) is 11.1 Å². The minimum atomic E-state index is -3.52. The van der Waals surface area contributed by atoms with Gasteiger partial charge in [0.2, 0.25) is 10.0 Å². The average Bonchev–Trinajstić information content (AvgIpc) is 2.60. The number of benzene rings is 2. The van der Waals surface area contributed by atoms with Gasteiger partial charge < -0.3 is 10.1 Å².